The van der Waals surface area contributed by atoms with Crippen LogP contribution < -0.4 is 20.7 Å². The summed E-state index contributed by atoms with van der Waals surface area (Å²) in [5, 5.41) is 16.1. The van der Waals surface area contributed by atoms with E-state index in [9.17, 15) is 10.1 Å². The molecule has 0 aliphatic heterocycles. The zero-order valence-corrected chi connectivity index (χ0v) is 16.2. The minimum absolute atomic E-state index is 0.112. The van der Waals surface area contributed by atoms with Gasteiger partial charge in [-0.1, -0.05) is 103 Å². The SMILES string of the molecule is O=[N+]([O-])c1ccc([Si](c2ccccc2)(c2ccccc2)c2ccccc2)cc1. The number of nitro benzene ring substituents is 1. The van der Waals surface area contributed by atoms with Gasteiger partial charge in [0, 0.05) is 12.1 Å². The molecule has 4 aromatic rings. The lowest BCUT2D eigenvalue weighted by molar-refractivity contribution is -0.384. The molecule has 0 saturated carbocycles. The van der Waals surface area contributed by atoms with E-state index in [1.54, 1.807) is 12.1 Å². The highest BCUT2D eigenvalue weighted by atomic mass is 28.3. The smallest absolute Gasteiger partial charge is 0.258 e. The summed E-state index contributed by atoms with van der Waals surface area (Å²) in [4.78, 5) is 10.8. The van der Waals surface area contributed by atoms with Crippen molar-refractivity contribution in [3.8, 4) is 0 Å². The summed E-state index contributed by atoms with van der Waals surface area (Å²) in [5.74, 6) is 0. The molecular formula is C24H19NO2Si. The molecule has 0 spiro atoms. The lowest BCUT2D eigenvalue weighted by atomic mass is 10.3. The largest absolute Gasteiger partial charge is 0.269 e. The third kappa shape index (κ3) is 3.04. The van der Waals surface area contributed by atoms with Crippen LogP contribution in [-0.2, 0) is 0 Å². The van der Waals surface area contributed by atoms with E-state index >= 15 is 0 Å². The highest BCUT2D eigenvalue weighted by molar-refractivity contribution is 7.19. The predicted octanol–water partition coefficient (Wildman–Crippen LogP) is 2.97. The fourth-order valence-electron chi connectivity index (χ4n) is 3.90. The first-order valence-electron chi connectivity index (χ1n) is 9.14. The second-order valence-corrected chi connectivity index (χ2v) is 10.5. The van der Waals surface area contributed by atoms with Gasteiger partial charge in [0.15, 0.2) is 8.07 Å². The first-order valence-corrected chi connectivity index (χ1v) is 11.1. The Morgan fingerprint density at radius 2 is 0.821 bits per heavy atom. The Labute approximate surface area is 165 Å². The van der Waals surface area contributed by atoms with Crippen LogP contribution in [0.5, 0.6) is 0 Å². The van der Waals surface area contributed by atoms with E-state index in [1.165, 1.54) is 15.6 Å². The monoisotopic (exact) mass is 381 g/mol. The lowest BCUT2D eigenvalue weighted by Crippen LogP contribution is -2.74. The molecular weight excluding hydrogens is 362 g/mol. The maximum atomic E-state index is 11.2. The molecule has 0 unspecified atom stereocenters. The standard InChI is InChI=1S/C24H19NO2Si/c26-25(27)20-16-18-24(19-17-20)28(21-10-4-1-5-11-21,22-12-6-2-7-13-22)23-14-8-3-9-15-23/h1-19H. The van der Waals surface area contributed by atoms with Gasteiger partial charge in [-0.15, -0.1) is 0 Å². The van der Waals surface area contributed by atoms with E-state index in [0.717, 1.165) is 5.19 Å². The van der Waals surface area contributed by atoms with Gasteiger partial charge in [0.2, 0.25) is 0 Å². The molecule has 0 radical (unpaired) electrons. The summed E-state index contributed by atoms with van der Waals surface area (Å²) in [6, 6.07) is 38.6. The molecule has 0 fully saturated rings. The quantitative estimate of drug-likeness (QED) is 0.231. The summed E-state index contributed by atoms with van der Waals surface area (Å²) in [7, 11) is -2.58. The third-order valence-electron chi connectivity index (χ3n) is 5.13. The Morgan fingerprint density at radius 1 is 0.500 bits per heavy atom. The number of hydrogen-bond donors (Lipinski definition) is 0. The van der Waals surface area contributed by atoms with Crippen molar-refractivity contribution in [1.29, 1.82) is 0 Å². The molecule has 0 N–H and O–H groups in total. The average Bonchev–Trinajstić information content (AvgIpc) is 2.77. The Hall–Kier alpha value is -3.50. The Balaban J connectivity index is 2.08. The van der Waals surface area contributed by atoms with Crippen molar-refractivity contribution >= 4 is 34.5 Å². The van der Waals surface area contributed by atoms with Crippen molar-refractivity contribution in [2.24, 2.45) is 0 Å². The van der Waals surface area contributed by atoms with Crippen molar-refractivity contribution in [3.05, 3.63) is 125 Å². The second-order valence-electron chi connectivity index (χ2n) is 6.65. The van der Waals surface area contributed by atoms with E-state index in [1.807, 2.05) is 30.3 Å². The first kappa shape index (κ1) is 17.9. The molecule has 4 aromatic carbocycles. The van der Waals surface area contributed by atoms with Crippen LogP contribution in [0.1, 0.15) is 0 Å². The second kappa shape index (κ2) is 7.62. The number of non-ortho nitro benzene ring substituents is 1. The van der Waals surface area contributed by atoms with E-state index < -0.39 is 8.07 Å². The van der Waals surface area contributed by atoms with E-state index in [4.69, 9.17) is 0 Å². The topological polar surface area (TPSA) is 43.1 Å². The molecule has 3 nitrogen and oxygen atoms in total. The molecule has 0 aliphatic carbocycles. The molecule has 136 valence electrons. The van der Waals surface area contributed by atoms with Crippen molar-refractivity contribution in [1.82, 2.24) is 0 Å². The van der Waals surface area contributed by atoms with Crippen LogP contribution in [0.3, 0.4) is 0 Å². The minimum atomic E-state index is -2.58. The van der Waals surface area contributed by atoms with Crippen molar-refractivity contribution < 1.29 is 4.92 Å². The third-order valence-corrected chi connectivity index (χ3v) is 9.93. The summed E-state index contributed by atoms with van der Waals surface area (Å²) in [5.41, 5.74) is 0.112. The van der Waals surface area contributed by atoms with E-state index in [0.29, 0.717) is 0 Å². The van der Waals surface area contributed by atoms with Crippen LogP contribution in [0.2, 0.25) is 0 Å². The highest BCUT2D eigenvalue weighted by Gasteiger charge is 2.41. The van der Waals surface area contributed by atoms with Crippen LogP contribution >= 0.6 is 0 Å². The van der Waals surface area contributed by atoms with Gasteiger partial charge in [-0.3, -0.25) is 10.1 Å². The van der Waals surface area contributed by atoms with Gasteiger partial charge < -0.3 is 0 Å². The van der Waals surface area contributed by atoms with Gasteiger partial charge in [-0.2, -0.15) is 0 Å². The van der Waals surface area contributed by atoms with Crippen molar-refractivity contribution in [2.45, 2.75) is 0 Å². The van der Waals surface area contributed by atoms with Crippen LogP contribution in [0, 0.1) is 10.1 Å². The summed E-state index contributed by atoms with van der Waals surface area (Å²) < 4.78 is 0. The summed E-state index contributed by atoms with van der Waals surface area (Å²) in [6.45, 7) is 0. The van der Waals surface area contributed by atoms with Crippen molar-refractivity contribution in [3.63, 3.8) is 0 Å². The van der Waals surface area contributed by atoms with Crippen LogP contribution in [-0.4, -0.2) is 13.0 Å². The molecule has 0 aliphatic rings. The maximum Gasteiger partial charge on any atom is 0.269 e. The van der Waals surface area contributed by atoms with E-state index in [-0.39, 0.29) is 10.6 Å². The van der Waals surface area contributed by atoms with Crippen LogP contribution in [0.4, 0.5) is 5.69 Å². The number of benzene rings is 4. The summed E-state index contributed by atoms with van der Waals surface area (Å²) >= 11 is 0. The summed E-state index contributed by atoms with van der Waals surface area (Å²) in [6.07, 6.45) is 0. The highest BCUT2D eigenvalue weighted by Crippen LogP contribution is 2.13. The average molecular weight is 382 g/mol. The fourth-order valence-corrected chi connectivity index (χ4v) is 8.64. The molecule has 4 rings (SSSR count). The Bertz CT molecular complexity index is 969. The van der Waals surface area contributed by atoms with Crippen LogP contribution in [0.15, 0.2) is 115 Å². The van der Waals surface area contributed by atoms with Gasteiger partial charge in [-0.05, 0) is 20.7 Å². The molecule has 0 amide bonds. The number of nitro groups is 1. The van der Waals surface area contributed by atoms with Gasteiger partial charge in [0.25, 0.3) is 5.69 Å². The maximum absolute atomic E-state index is 11.2. The molecule has 0 bridgehead atoms. The number of rotatable bonds is 5. The fraction of sp³-hybridized carbons (Fsp3) is 0. The zero-order valence-electron chi connectivity index (χ0n) is 15.2. The molecule has 28 heavy (non-hydrogen) atoms. The zero-order chi connectivity index (χ0) is 19.4. The van der Waals surface area contributed by atoms with Gasteiger partial charge in [0.05, 0.1) is 4.92 Å². The molecule has 0 saturated heterocycles. The van der Waals surface area contributed by atoms with Gasteiger partial charge >= 0.3 is 0 Å². The number of nitrogens with zero attached hydrogens (tertiary/aromatic N) is 1. The molecule has 0 heterocycles. The molecule has 0 aromatic heterocycles. The molecule has 0 atom stereocenters. The molecule has 4 heteroatoms. The van der Waals surface area contributed by atoms with E-state index in [2.05, 4.69) is 72.8 Å². The first-order chi connectivity index (χ1) is 13.7. The normalized spacial score (nSPS) is 11.1. The number of hydrogen-bond acceptors (Lipinski definition) is 2. The van der Waals surface area contributed by atoms with Gasteiger partial charge in [0.1, 0.15) is 0 Å². The Morgan fingerprint density at radius 3 is 1.14 bits per heavy atom. The predicted molar refractivity (Wildman–Crippen MR) is 117 cm³/mol. The minimum Gasteiger partial charge on any atom is -0.258 e. The van der Waals surface area contributed by atoms with Crippen molar-refractivity contribution in [2.75, 3.05) is 0 Å². The van der Waals surface area contributed by atoms with Crippen LogP contribution in [0.25, 0.3) is 0 Å². The lowest BCUT2D eigenvalue weighted by Gasteiger charge is -2.34. The Kier molecular flexibility index (Phi) is 4.87. The van der Waals surface area contributed by atoms with Gasteiger partial charge in [-0.25, -0.2) is 0 Å².